The van der Waals surface area contributed by atoms with Gasteiger partial charge in [-0.05, 0) is 30.4 Å². The van der Waals surface area contributed by atoms with E-state index in [1.807, 2.05) is 31.2 Å². The lowest BCUT2D eigenvalue weighted by Crippen LogP contribution is -2.30. The normalized spacial score (nSPS) is 13.3. The summed E-state index contributed by atoms with van der Waals surface area (Å²) in [5.41, 5.74) is 1.90. The summed E-state index contributed by atoms with van der Waals surface area (Å²) in [5, 5.41) is 0. The van der Waals surface area contributed by atoms with Gasteiger partial charge in [0.25, 0.3) is 0 Å². The maximum atomic E-state index is 12.1. The Morgan fingerprint density at radius 3 is 2.50 bits per heavy atom. The molecule has 0 amide bonds. The average Bonchev–Trinajstić information content (AvgIpc) is 2.41. The van der Waals surface area contributed by atoms with Crippen molar-refractivity contribution in [1.29, 1.82) is 0 Å². The minimum Gasteiger partial charge on any atom is -0.215 e. The van der Waals surface area contributed by atoms with Crippen LogP contribution in [-0.2, 0) is 15.8 Å². The molecule has 0 heterocycles. The molecule has 0 fully saturated rings. The molecule has 0 aliphatic heterocycles. The summed E-state index contributed by atoms with van der Waals surface area (Å²) in [6.45, 7) is 6.79. The van der Waals surface area contributed by atoms with Crippen LogP contribution in [0.4, 0.5) is 0 Å². The first-order valence-electron chi connectivity index (χ1n) is 7.50. The molecule has 1 rings (SSSR count). The average molecular weight is 297 g/mol. The number of hydrogen-bond donors (Lipinski definition) is 1. The molecule has 114 valence electrons. The van der Waals surface area contributed by atoms with Crippen molar-refractivity contribution in [2.45, 2.75) is 52.2 Å². The largest absolute Gasteiger partial charge is 0.215 e. The number of aryl methyl sites for hydroxylation is 1. The lowest BCUT2D eigenvalue weighted by molar-refractivity contribution is 0.443. The van der Waals surface area contributed by atoms with E-state index in [-0.39, 0.29) is 5.75 Å². The number of sulfonamides is 1. The topological polar surface area (TPSA) is 46.2 Å². The molecule has 4 heteroatoms. The second-order valence-electron chi connectivity index (χ2n) is 5.45. The molecule has 1 N–H and O–H groups in total. The number of rotatable bonds is 9. The van der Waals surface area contributed by atoms with Crippen molar-refractivity contribution in [3.63, 3.8) is 0 Å². The highest BCUT2D eigenvalue weighted by Crippen LogP contribution is 2.14. The lowest BCUT2D eigenvalue weighted by Gasteiger charge is -2.15. The highest BCUT2D eigenvalue weighted by molar-refractivity contribution is 7.88. The van der Waals surface area contributed by atoms with E-state index in [0.717, 1.165) is 36.8 Å². The van der Waals surface area contributed by atoms with Gasteiger partial charge in [-0.1, -0.05) is 57.4 Å². The highest BCUT2D eigenvalue weighted by Gasteiger charge is 2.15. The quantitative estimate of drug-likeness (QED) is 0.756. The third kappa shape index (κ3) is 6.06. The maximum Gasteiger partial charge on any atom is 0.215 e. The molecule has 0 aliphatic carbocycles. The van der Waals surface area contributed by atoms with E-state index in [1.165, 1.54) is 0 Å². The molecule has 1 aromatic carbocycles. The van der Waals surface area contributed by atoms with Gasteiger partial charge in [0, 0.05) is 6.54 Å². The molecular formula is C16H27NO2S. The summed E-state index contributed by atoms with van der Waals surface area (Å²) >= 11 is 0. The molecule has 0 spiro atoms. The Morgan fingerprint density at radius 2 is 1.90 bits per heavy atom. The Labute approximate surface area is 123 Å². The first-order valence-corrected chi connectivity index (χ1v) is 9.15. The van der Waals surface area contributed by atoms with Crippen LogP contribution < -0.4 is 4.72 Å². The van der Waals surface area contributed by atoms with Gasteiger partial charge in [-0.25, -0.2) is 13.1 Å². The number of nitrogens with one attached hydrogen (secondary N) is 1. The van der Waals surface area contributed by atoms with Crippen LogP contribution in [0.15, 0.2) is 24.3 Å². The Hall–Kier alpha value is -0.870. The third-order valence-corrected chi connectivity index (χ3v) is 5.04. The number of hydrogen-bond acceptors (Lipinski definition) is 2. The van der Waals surface area contributed by atoms with Crippen molar-refractivity contribution in [3.8, 4) is 0 Å². The summed E-state index contributed by atoms with van der Waals surface area (Å²) < 4.78 is 27.0. The van der Waals surface area contributed by atoms with Crippen LogP contribution in [0.25, 0.3) is 0 Å². The molecule has 0 saturated heterocycles. The van der Waals surface area contributed by atoms with E-state index in [2.05, 4.69) is 18.6 Å². The predicted molar refractivity (Wildman–Crippen MR) is 85.1 cm³/mol. The Morgan fingerprint density at radius 1 is 1.20 bits per heavy atom. The summed E-state index contributed by atoms with van der Waals surface area (Å²) in [6, 6.07) is 7.63. The van der Waals surface area contributed by atoms with Crippen LogP contribution >= 0.6 is 0 Å². The summed E-state index contributed by atoms with van der Waals surface area (Å²) in [5.74, 6) is 0.519. The molecule has 0 saturated carbocycles. The molecule has 3 nitrogen and oxygen atoms in total. The van der Waals surface area contributed by atoms with Gasteiger partial charge in [0.2, 0.25) is 10.0 Å². The van der Waals surface area contributed by atoms with Gasteiger partial charge in [-0.2, -0.15) is 0 Å². The zero-order valence-electron chi connectivity index (χ0n) is 12.9. The molecule has 0 bridgehead atoms. The molecule has 0 aliphatic rings. The van der Waals surface area contributed by atoms with Gasteiger partial charge in [0.05, 0.1) is 5.75 Å². The van der Waals surface area contributed by atoms with Crippen molar-refractivity contribution < 1.29 is 8.42 Å². The highest BCUT2D eigenvalue weighted by atomic mass is 32.2. The second kappa shape index (κ2) is 8.42. The van der Waals surface area contributed by atoms with Crippen LogP contribution in [0.5, 0.6) is 0 Å². The first kappa shape index (κ1) is 17.2. The van der Waals surface area contributed by atoms with Gasteiger partial charge in [0.15, 0.2) is 0 Å². The van der Waals surface area contributed by atoms with Gasteiger partial charge >= 0.3 is 0 Å². The summed E-state index contributed by atoms with van der Waals surface area (Å²) in [7, 11) is -3.24. The molecule has 0 unspecified atom stereocenters. The third-order valence-electron chi connectivity index (χ3n) is 3.74. The van der Waals surface area contributed by atoms with Crippen molar-refractivity contribution in [2.75, 3.05) is 6.54 Å². The van der Waals surface area contributed by atoms with Gasteiger partial charge in [-0.3, -0.25) is 0 Å². The molecule has 0 radical (unpaired) electrons. The van der Waals surface area contributed by atoms with E-state index in [9.17, 15) is 8.42 Å². The maximum absolute atomic E-state index is 12.1. The van der Waals surface area contributed by atoms with E-state index in [1.54, 1.807) is 0 Å². The van der Waals surface area contributed by atoms with Crippen molar-refractivity contribution in [2.24, 2.45) is 5.92 Å². The van der Waals surface area contributed by atoms with E-state index >= 15 is 0 Å². The summed E-state index contributed by atoms with van der Waals surface area (Å²) in [4.78, 5) is 0. The number of unbranched alkanes of at least 4 members (excludes halogenated alkanes) is 1. The van der Waals surface area contributed by atoms with E-state index in [4.69, 9.17) is 0 Å². The standard InChI is InChI=1S/C16H27NO2S/c1-4-6-10-15(5-2)12-17-20(18,19)13-16-11-8-7-9-14(16)3/h7-9,11,15,17H,4-6,10,12-13H2,1-3H3/t15-/m0/s1. The minimum atomic E-state index is -3.24. The zero-order chi connectivity index (χ0) is 15.0. The molecule has 0 aromatic heterocycles. The van der Waals surface area contributed by atoms with Crippen molar-refractivity contribution >= 4 is 10.0 Å². The van der Waals surface area contributed by atoms with E-state index in [0.29, 0.717) is 12.5 Å². The van der Waals surface area contributed by atoms with Crippen molar-refractivity contribution in [3.05, 3.63) is 35.4 Å². The predicted octanol–water partition coefficient (Wildman–Crippen LogP) is 3.63. The van der Waals surface area contributed by atoms with Crippen LogP contribution in [0, 0.1) is 12.8 Å². The summed E-state index contributed by atoms with van der Waals surface area (Å²) in [6.07, 6.45) is 4.44. The lowest BCUT2D eigenvalue weighted by atomic mass is 10.00. The van der Waals surface area contributed by atoms with Gasteiger partial charge in [0.1, 0.15) is 0 Å². The fourth-order valence-corrected chi connectivity index (χ4v) is 3.54. The van der Waals surface area contributed by atoms with Crippen LogP contribution in [0.2, 0.25) is 0 Å². The van der Waals surface area contributed by atoms with Crippen molar-refractivity contribution in [1.82, 2.24) is 4.72 Å². The Bertz CT molecular complexity index is 497. The molecule has 20 heavy (non-hydrogen) atoms. The zero-order valence-corrected chi connectivity index (χ0v) is 13.7. The Balaban J connectivity index is 2.55. The monoisotopic (exact) mass is 297 g/mol. The minimum absolute atomic E-state index is 0.0733. The SMILES string of the molecule is CCCC[C@H](CC)CNS(=O)(=O)Cc1ccccc1C. The first-order chi connectivity index (χ1) is 9.48. The van der Waals surface area contributed by atoms with Crippen LogP contribution in [0.3, 0.4) is 0 Å². The van der Waals surface area contributed by atoms with Crippen LogP contribution in [0.1, 0.15) is 50.7 Å². The molecule has 1 aromatic rings. The van der Waals surface area contributed by atoms with Gasteiger partial charge < -0.3 is 0 Å². The molecular weight excluding hydrogens is 270 g/mol. The smallest absolute Gasteiger partial charge is 0.215 e. The second-order valence-corrected chi connectivity index (χ2v) is 7.26. The molecule has 1 atom stereocenters. The fraction of sp³-hybridized carbons (Fsp3) is 0.625. The number of benzene rings is 1. The van der Waals surface area contributed by atoms with Gasteiger partial charge in [-0.15, -0.1) is 0 Å². The van der Waals surface area contributed by atoms with Crippen LogP contribution in [-0.4, -0.2) is 15.0 Å². The van der Waals surface area contributed by atoms with E-state index < -0.39 is 10.0 Å². The fourth-order valence-electron chi connectivity index (χ4n) is 2.22. The Kier molecular flexibility index (Phi) is 7.24.